The largest absolute Gasteiger partial charge is 0.541 e. The number of rotatable bonds is 5. The summed E-state index contributed by atoms with van der Waals surface area (Å²) in [5, 5.41) is 19.2. The number of phenolic OH excluding ortho intramolecular Hbond substituents is 1. The van der Waals surface area contributed by atoms with Gasteiger partial charge in [0.2, 0.25) is 0 Å². The summed E-state index contributed by atoms with van der Waals surface area (Å²) in [4.78, 5) is 0. The van der Waals surface area contributed by atoms with Crippen LogP contribution in [-0.2, 0) is 0 Å². The number of ether oxygens (including phenoxy) is 1. The van der Waals surface area contributed by atoms with Crippen LogP contribution in [0.2, 0.25) is 18.1 Å². The first-order chi connectivity index (χ1) is 9.62. The van der Waals surface area contributed by atoms with E-state index in [1.165, 1.54) is 7.11 Å². The molecular weight excluding hydrogens is 284 g/mol. The maximum Gasteiger partial charge on any atom is 0.250 e. The first-order valence-corrected chi connectivity index (χ1v) is 9.90. The number of phenols is 1. The lowest BCUT2D eigenvalue weighted by molar-refractivity contribution is 0.343. The third-order valence-corrected chi connectivity index (χ3v) is 8.21. The quantitative estimate of drug-likeness (QED) is 0.812. The van der Waals surface area contributed by atoms with Gasteiger partial charge in [-0.25, -0.2) is 0 Å². The first kappa shape index (κ1) is 17.6. The fourth-order valence-electron chi connectivity index (χ4n) is 1.55. The lowest BCUT2D eigenvalue weighted by atomic mass is 10.1. The van der Waals surface area contributed by atoms with Gasteiger partial charge in [-0.3, -0.25) is 0 Å². The summed E-state index contributed by atoms with van der Waals surface area (Å²) in [5.74, 6) is 0.811. The van der Waals surface area contributed by atoms with Crippen molar-refractivity contribution in [2.24, 2.45) is 0 Å². The van der Waals surface area contributed by atoms with Gasteiger partial charge in [0.15, 0.2) is 17.2 Å². The zero-order valence-corrected chi connectivity index (χ0v) is 14.7. The Balaban J connectivity index is 3.25. The second kappa shape index (κ2) is 6.53. The van der Waals surface area contributed by atoms with Crippen LogP contribution in [-0.4, -0.2) is 32.2 Å². The molecular formula is C16H26O4Si. The molecule has 5 heteroatoms. The molecule has 118 valence electrons. The van der Waals surface area contributed by atoms with Gasteiger partial charge in [0.25, 0.3) is 8.32 Å². The van der Waals surface area contributed by atoms with Gasteiger partial charge >= 0.3 is 0 Å². The predicted octanol–water partition coefficient (Wildman–Crippen LogP) is 3.79. The van der Waals surface area contributed by atoms with Crippen molar-refractivity contribution in [2.75, 3.05) is 13.7 Å². The van der Waals surface area contributed by atoms with E-state index in [0.717, 1.165) is 5.56 Å². The number of benzene rings is 1. The van der Waals surface area contributed by atoms with Crippen LogP contribution in [0.4, 0.5) is 0 Å². The first-order valence-electron chi connectivity index (χ1n) is 7.00. The fraction of sp³-hybridized carbons (Fsp3) is 0.500. The zero-order valence-electron chi connectivity index (χ0n) is 13.7. The van der Waals surface area contributed by atoms with E-state index >= 15 is 0 Å². The van der Waals surface area contributed by atoms with Crippen molar-refractivity contribution in [2.45, 2.75) is 38.9 Å². The minimum absolute atomic E-state index is 0.0171. The highest BCUT2D eigenvalue weighted by Crippen LogP contribution is 2.43. The molecule has 0 fully saturated rings. The average molecular weight is 310 g/mol. The van der Waals surface area contributed by atoms with E-state index < -0.39 is 8.32 Å². The molecule has 0 heterocycles. The second-order valence-corrected chi connectivity index (χ2v) is 11.2. The smallest absolute Gasteiger partial charge is 0.250 e. The van der Waals surface area contributed by atoms with Crippen molar-refractivity contribution in [3.8, 4) is 17.2 Å². The minimum atomic E-state index is -2.06. The molecule has 0 aromatic heterocycles. The number of hydrogen-bond donors (Lipinski definition) is 2. The van der Waals surface area contributed by atoms with E-state index in [1.54, 1.807) is 24.3 Å². The molecule has 21 heavy (non-hydrogen) atoms. The van der Waals surface area contributed by atoms with E-state index in [1.807, 2.05) is 0 Å². The van der Waals surface area contributed by atoms with Crippen molar-refractivity contribution >= 4 is 14.4 Å². The average Bonchev–Trinajstić information content (AvgIpc) is 2.37. The van der Waals surface area contributed by atoms with Crippen LogP contribution in [0, 0.1) is 0 Å². The number of aliphatic hydroxyl groups excluding tert-OH is 1. The highest BCUT2D eigenvalue weighted by Gasteiger charge is 2.39. The van der Waals surface area contributed by atoms with E-state index in [0.29, 0.717) is 11.5 Å². The Morgan fingerprint density at radius 3 is 2.24 bits per heavy atom. The molecule has 4 nitrogen and oxygen atoms in total. The van der Waals surface area contributed by atoms with Crippen molar-refractivity contribution in [1.29, 1.82) is 0 Å². The van der Waals surface area contributed by atoms with Gasteiger partial charge in [0.05, 0.1) is 13.7 Å². The van der Waals surface area contributed by atoms with Gasteiger partial charge in [0, 0.05) is 0 Å². The van der Waals surface area contributed by atoms with Crippen LogP contribution in [0.15, 0.2) is 18.2 Å². The van der Waals surface area contributed by atoms with E-state index in [4.69, 9.17) is 14.3 Å². The Kier molecular flexibility index (Phi) is 5.47. The molecule has 1 rings (SSSR count). The van der Waals surface area contributed by atoms with Crippen molar-refractivity contribution in [3.63, 3.8) is 0 Å². The van der Waals surface area contributed by atoms with Gasteiger partial charge in [0.1, 0.15) is 0 Å². The van der Waals surface area contributed by atoms with Crippen LogP contribution in [0.25, 0.3) is 6.08 Å². The molecule has 1 aromatic rings. The number of methoxy groups -OCH3 is 1. The molecule has 2 N–H and O–H groups in total. The molecule has 1 aromatic carbocycles. The lowest BCUT2D eigenvalue weighted by Gasteiger charge is -2.36. The second-order valence-electron chi connectivity index (χ2n) is 6.52. The fourth-order valence-corrected chi connectivity index (χ4v) is 2.56. The summed E-state index contributed by atoms with van der Waals surface area (Å²) in [6, 6.07) is 3.48. The third-order valence-electron chi connectivity index (χ3n) is 3.87. The summed E-state index contributed by atoms with van der Waals surface area (Å²) < 4.78 is 11.4. The van der Waals surface area contributed by atoms with E-state index in [9.17, 15) is 5.11 Å². The van der Waals surface area contributed by atoms with Crippen molar-refractivity contribution in [1.82, 2.24) is 0 Å². The van der Waals surface area contributed by atoms with Crippen molar-refractivity contribution in [3.05, 3.63) is 23.8 Å². The molecule has 0 amide bonds. The maximum absolute atomic E-state index is 10.3. The summed E-state index contributed by atoms with van der Waals surface area (Å²) in [6.45, 7) is 10.6. The molecule has 0 bridgehead atoms. The Labute approximate surface area is 128 Å². The summed E-state index contributed by atoms with van der Waals surface area (Å²) >= 11 is 0. The SMILES string of the molecule is COc1cc(/C=C/CO)cc(O[Si](C)(C)C(C)(C)C)c1O. The minimum Gasteiger partial charge on any atom is -0.541 e. The van der Waals surface area contributed by atoms with E-state index in [2.05, 4.69) is 33.9 Å². The predicted molar refractivity (Wildman–Crippen MR) is 88.6 cm³/mol. The number of hydrogen-bond acceptors (Lipinski definition) is 4. The Bertz CT molecular complexity index is 516. The molecule has 0 aliphatic carbocycles. The van der Waals surface area contributed by atoms with Crippen LogP contribution in [0.3, 0.4) is 0 Å². The normalized spacial score (nSPS) is 12.7. The summed E-state index contributed by atoms with van der Waals surface area (Å²) in [5.41, 5.74) is 0.812. The van der Waals surface area contributed by atoms with Crippen LogP contribution in [0.1, 0.15) is 26.3 Å². The third kappa shape index (κ3) is 4.25. The topological polar surface area (TPSA) is 58.9 Å². The monoisotopic (exact) mass is 310 g/mol. The van der Waals surface area contributed by atoms with Crippen LogP contribution < -0.4 is 9.16 Å². The molecule has 0 spiro atoms. The molecule has 0 aliphatic rings. The maximum atomic E-state index is 10.3. The van der Waals surface area contributed by atoms with E-state index in [-0.39, 0.29) is 17.4 Å². The van der Waals surface area contributed by atoms with Gasteiger partial charge in [-0.2, -0.15) is 0 Å². The molecule has 0 atom stereocenters. The van der Waals surface area contributed by atoms with Gasteiger partial charge < -0.3 is 19.4 Å². The van der Waals surface area contributed by atoms with Crippen LogP contribution in [0.5, 0.6) is 17.2 Å². The molecule has 0 unspecified atom stereocenters. The molecule has 0 radical (unpaired) electrons. The number of aromatic hydroxyl groups is 1. The zero-order chi connectivity index (χ0) is 16.3. The lowest BCUT2D eigenvalue weighted by Crippen LogP contribution is -2.43. The van der Waals surface area contributed by atoms with Gasteiger partial charge in [-0.15, -0.1) is 0 Å². The van der Waals surface area contributed by atoms with Crippen LogP contribution >= 0.6 is 0 Å². The Morgan fingerprint density at radius 2 is 1.76 bits per heavy atom. The van der Waals surface area contributed by atoms with Gasteiger partial charge in [-0.05, 0) is 35.8 Å². The Hall–Kier alpha value is -1.46. The Morgan fingerprint density at radius 1 is 1.19 bits per heavy atom. The van der Waals surface area contributed by atoms with Crippen molar-refractivity contribution < 1.29 is 19.4 Å². The molecule has 0 saturated carbocycles. The molecule has 0 saturated heterocycles. The summed E-state index contributed by atoms with van der Waals surface area (Å²) in [7, 11) is -0.551. The molecule has 0 aliphatic heterocycles. The standard InChI is InChI=1S/C16H26O4Si/c1-16(2,3)21(5,6)20-14-11-12(8-7-9-17)10-13(19-4)15(14)18/h7-8,10-11,17-18H,9H2,1-6H3/b8-7+. The summed E-state index contributed by atoms with van der Waals surface area (Å²) in [6.07, 6.45) is 3.39. The number of aliphatic hydroxyl groups is 1. The highest BCUT2D eigenvalue weighted by molar-refractivity contribution is 6.74. The highest BCUT2D eigenvalue weighted by atomic mass is 28.4. The van der Waals surface area contributed by atoms with Gasteiger partial charge in [-0.1, -0.05) is 32.9 Å².